The molecule has 0 saturated heterocycles. The van der Waals surface area contributed by atoms with Crippen molar-refractivity contribution >= 4 is 0 Å². The first-order valence-corrected chi connectivity index (χ1v) is 5.05. The number of aryl methyl sites for hydroxylation is 2. The fraction of sp³-hybridized carbons (Fsp3) is 0.214. The maximum Gasteiger partial charge on any atom is 0.373 e. The Morgan fingerprint density at radius 2 is 1.89 bits per heavy atom. The number of rotatable bonds is 2. The molecule has 0 spiro atoms. The summed E-state index contributed by atoms with van der Waals surface area (Å²) < 4.78 is 20.8. The molecule has 0 amide bonds. The molecule has 0 atom stereocenters. The molecule has 0 fully saturated rings. The van der Waals surface area contributed by atoms with Crippen molar-refractivity contribution in [2.45, 2.75) is 14.4 Å². The standard InChI is InChI=1S/C13H13FNO.CH4.HI/c1-10-6-7-12(11(14)9-10)16-13-5-3-4-8-15(13)2;;/h3-9H,1-2H3;1H4;1H/q+1;;/p-1. The van der Waals surface area contributed by atoms with Gasteiger partial charge in [0.15, 0.2) is 17.8 Å². The molecule has 0 aliphatic rings. The average molecular weight is 361 g/mol. The van der Waals surface area contributed by atoms with Crippen LogP contribution >= 0.6 is 0 Å². The van der Waals surface area contributed by atoms with Crippen LogP contribution in [0.2, 0.25) is 0 Å². The highest BCUT2D eigenvalue weighted by Crippen LogP contribution is 2.22. The lowest BCUT2D eigenvalue weighted by atomic mass is 10.2. The summed E-state index contributed by atoms with van der Waals surface area (Å²) in [6.45, 7) is 1.84. The van der Waals surface area contributed by atoms with Gasteiger partial charge in [-0.25, -0.2) is 4.39 Å². The second-order valence-corrected chi connectivity index (χ2v) is 3.69. The van der Waals surface area contributed by atoms with Gasteiger partial charge in [-0.15, -0.1) is 0 Å². The van der Waals surface area contributed by atoms with E-state index in [-0.39, 0.29) is 43.0 Å². The summed E-state index contributed by atoms with van der Waals surface area (Å²) in [7, 11) is 1.85. The second kappa shape index (κ2) is 7.31. The summed E-state index contributed by atoms with van der Waals surface area (Å²) in [5, 5.41) is 0. The monoisotopic (exact) mass is 361 g/mol. The molecule has 0 radical (unpaired) electrons. The van der Waals surface area contributed by atoms with Crippen molar-refractivity contribution in [2.24, 2.45) is 7.05 Å². The zero-order chi connectivity index (χ0) is 11.5. The molecule has 0 N–H and O–H groups in total. The smallest absolute Gasteiger partial charge is 0.373 e. The summed E-state index contributed by atoms with van der Waals surface area (Å²) in [6.07, 6.45) is 1.85. The first-order valence-electron chi connectivity index (χ1n) is 5.05. The maximum absolute atomic E-state index is 13.5. The number of aromatic nitrogens is 1. The van der Waals surface area contributed by atoms with Crippen LogP contribution < -0.4 is 33.3 Å². The van der Waals surface area contributed by atoms with Crippen LogP contribution in [0.25, 0.3) is 0 Å². The minimum Gasteiger partial charge on any atom is -1.00 e. The Morgan fingerprint density at radius 1 is 1.17 bits per heavy atom. The molecule has 18 heavy (non-hydrogen) atoms. The van der Waals surface area contributed by atoms with Gasteiger partial charge in [-0.05, 0) is 30.7 Å². The predicted octanol–water partition coefficient (Wildman–Crippen LogP) is 0.391. The van der Waals surface area contributed by atoms with E-state index < -0.39 is 0 Å². The number of benzene rings is 1. The fourth-order valence-electron chi connectivity index (χ4n) is 1.42. The van der Waals surface area contributed by atoms with Crippen LogP contribution in [0.15, 0.2) is 42.6 Å². The molecule has 1 aromatic heterocycles. The van der Waals surface area contributed by atoms with E-state index in [1.807, 2.05) is 38.4 Å². The number of pyridine rings is 1. The number of hydrogen-bond donors (Lipinski definition) is 0. The highest BCUT2D eigenvalue weighted by molar-refractivity contribution is 5.30. The van der Waals surface area contributed by atoms with Gasteiger partial charge in [0.25, 0.3) is 0 Å². The Balaban J connectivity index is 0.00000144. The number of nitrogens with zero attached hydrogens (tertiary/aromatic N) is 1. The second-order valence-electron chi connectivity index (χ2n) is 3.69. The number of hydrogen-bond acceptors (Lipinski definition) is 1. The first kappa shape index (κ1) is 16.8. The third-order valence-electron chi connectivity index (χ3n) is 2.31. The summed E-state index contributed by atoms with van der Waals surface area (Å²) >= 11 is 0. The van der Waals surface area contributed by atoms with E-state index in [9.17, 15) is 4.39 Å². The van der Waals surface area contributed by atoms with E-state index in [1.54, 1.807) is 16.7 Å². The Bertz CT molecular complexity index is 517. The number of halogens is 2. The van der Waals surface area contributed by atoms with Crippen LogP contribution in [0, 0.1) is 12.7 Å². The van der Waals surface area contributed by atoms with Crippen LogP contribution in [0.5, 0.6) is 11.6 Å². The molecule has 0 unspecified atom stereocenters. The highest BCUT2D eigenvalue weighted by atomic mass is 127. The molecule has 2 aromatic rings. The topological polar surface area (TPSA) is 13.1 Å². The SMILES string of the molecule is C.Cc1ccc(Oc2cccc[n+]2C)c(F)c1.[I-]. The van der Waals surface area contributed by atoms with Crippen molar-refractivity contribution in [3.8, 4) is 11.6 Å². The highest BCUT2D eigenvalue weighted by Gasteiger charge is 2.10. The van der Waals surface area contributed by atoms with E-state index in [4.69, 9.17) is 4.74 Å². The normalized spacial score (nSPS) is 9.06. The summed E-state index contributed by atoms with van der Waals surface area (Å²) in [4.78, 5) is 0. The number of ether oxygens (including phenoxy) is 1. The molecular weight excluding hydrogens is 344 g/mol. The Hall–Kier alpha value is -1.17. The molecule has 0 saturated carbocycles. The molecule has 1 heterocycles. The summed E-state index contributed by atoms with van der Waals surface area (Å²) in [6, 6.07) is 10.4. The van der Waals surface area contributed by atoms with Crippen LogP contribution in [-0.2, 0) is 7.05 Å². The summed E-state index contributed by atoms with van der Waals surface area (Å²) in [5.74, 6) is 0.501. The quantitative estimate of drug-likeness (QED) is 0.557. The molecule has 0 aliphatic heterocycles. The molecule has 2 nitrogen and oxygen atoms in total. The minimum atomic E-state index is -0.344. The third kappa shape index (κ3) is 3.94. The van der Waals surface area contributed by atoms with Gasteiger partial charge in [0, 0.05) is 6.07 Å². The van der Waals surface area contributed by atoms with Gasteiger partial charge in [0.05, 0.1) is 6.07 Å². The predicted molar refractivity (Wildman–Crippen MR) is 65.6 cm³/mol. The summed E-state index contributed by atoms with van der Waals surface area (Å²) in [5.41, 5.74) is 0.877. The molecule has 0 aliphatic carbocycles. The zero-order valence-corrected chi connectivity index (χ0v) is 11.8. The van der Waals surface area contributed by atoms with E-state index >= 15 is 0 Å². The molecule has 98 valence electrons. The lowest BCUT2D eigenvalue weighted by molar-refractivity contribution is -0.675. The van der Waals surface area contributed by atoms with Crippen molar-refractivity contribution in [1.29, 1.82) is 0 Å². The fourth-order valence-corrected chi connectivity index (χ4v) is 1.42. The van der Waals surface area contributed by atoms with Gasteiger partial charge in [-0.1, -0.05) is 13.5 Å². The van der Waals surface area contributed by atoms with Crippen molar-refractivity contribution in [1.82, 2.24) is 0 Å². The largest absolute Gasteiger partial charge is 1.00 e. The van der Waals surface area contributed by atoms with E-state index in [1.165, 1.54) is 6.07 Å². The molecule has 2 rings (SSSR count). The molecule has 1 aromatic carbocycles. The van der Waals surface area contributed by atoms with Gasteiger partial charge in [-0.3, -0.25) is 0 Å². The maximum atomic E-state index is 13.5. The van der Waals surface area contributed by atoms with Gasteiger partial charge in [-0.2, -0.15) is 4.57 Å². The van der Waals surface area contributed by atoms with Gasteiger partial charge in [0.2, 0.25) is 0 Å². The lowest BCUT2D eigenvalue weighted by Gasteiger charge is -2.04. The van der Waals surface area contributed by atoms with Crippen molar-refractivity contribution < 1.29 is 37.7 Å². The van der Waals surface area contributed by atoms with Crippen molar-refractivity contribution in [2.75, 3.05) is 0 Å². The van der Waals surface area contributed by atoms with Crippen LogP contribution in [0.1, 0.15) is 13.0 Å². The average Bonchev–Trinajstić information content (AvgIpc) is 2.25. The Kier molecular flexibility index (Phi) is 6.83. The molecule has 4 heteroatoms. The molecular formula is C14H17FINO. The molecule has 0 bridgehead atoms. The van der Waals surface area contributed by atoms with Crippen LogP contribution in [0.4, 0.5) is 4.39 Å². The Morgan fingerprint density at radius 3 is 2.50 bits per heavy atom. The van der Waals surface area contributed by atoms with E-state index in [0.29, 0.717) is 5.88 Å². The van der Waals surface area contributed by atoms with Gasteiger partial charge in [0.1, 0.15) is 7.05 Å². The Labute approximate surface area is 124 Å². The minimum absolute atomic E-state index is 0. The van der Waals surface area contributed by atoms with Crippen LogP contribution in [-0.4, -0.2) is 0 Å². The zero-order valence-electron chi connectivity index (χ0n) is 9.65. The first-order chi connectivity index (χ1) is 7.66. The van der Waals surface area contributed by atoms with Gasteiger partial charge < -0.3 is 28.7 Å². The lowest BCUT2D eigenvalue weighted by Crippen LogP contribution is -3.00. The van der Waals surface area contributed by atoms with Gasteiger partial charge >= 0.3 is 5.88 Å². The van der Waals surface area contributed by atoms with Crippen LogP contribution in [0.3, 0.4) is 0 Å². The van der Waals surface area contributed by atoms with Crippen molar-refractivity contribution in [3.05, 3.63) is 54.0 Å². The van der Waals surface area contributed by atoms with E-state index in [0.717, 1.165) is 5.56 Å². The van der Waals surface area contributed by atoms with E-state index in [2.05, 4.69) is 0 Å². The third-order valence-corrected chi connectivity index (χ3v) is 2.31. The van der Waals surface area contributed by atoms with Crippen molar-refractivity contribution in [3.63, 3.8) is 0 Å².